The van der Waals surface area contributed by atoms with Crippen LogP contribution in [0, 0.1) is 6.92 Å². The number of benzene rings is 2. The highest BCUT2D eigenvalue weighted by Crippen LogP contribution is 2.35. The molecule has 2 aromatic carbocycles. The van der Waals surface area contributed by atoms with Crippen molar-refractivity contribution >= 4 is 26.7 Å². The fourth-order valence-corrected chi connectivity index (χ4v) is 7.16. The van der Waals surface area contributed by atoms with E-state index >= 15 is 0 Å². The number of alkyl halides is 3. The van der Waals surface area contributed by atoms with Crippen LogP contribution in [-0.4, -0.2) is 73.8 Å². The Kier molecular flexibility index (Phi) is 8.72. The summed E-state index contributed by atoms with van der Waals surface area (Å²) in [5.41, 5.74) is 1.92. The third-order valence-electron chi connectivity index (χ3n) is 8.28. The zero-order valence-electron chi connectivity index (χ0n) is 26.1. The molecule has 13 heteroatoms. The Bertz CT molecular complexity index is 2080. The molecule has 246 valence electrons. The van der Waals surface area contributed by atoms with E-state index in [0.717, 1.165) is 27.4 Å². The van der Waals surface area contributed by atoms with Gasteiger partial charge in [0.2, 0.25) is 0 Å². The number of anilines is 1. The second-order valence-electron chi connectivity index (χ2n) is 11.9. The third kappa shape index (κ3) is 6.55. The number of likely N-dealkylation sites (N-methyl/N-ethyl adjacent to an activating group) is 1. The van der Waals surface area contributed by atoms with Crippen LogP contribution in [0.15, 0.2) is 95.0 Å². The fraction of sp³-hybridized carbons (Fsp3) is 0.294. The first-order valence-electron chi connectivity index (χ1n) is 15.0. The Hall–Kier alpha value is -4.46. The van der Waals surface area contributed by atoms with Crippen molar-refractivity contribution in [3.8, 4) is 11.1 Å². The summed E-state index contributed by atoms with van der Waals surface area (Å²) < 4.78 is 76.5. The molecule has 47 heavy (non-hydrogen) atoms. The van der Waals surface area contributed by atoms with Gasteiger partial charge in [0.15, 0.2) is 5.65 Å². The summed E-state index contributed by atoms with van der Waals surface area (Å²) in [6.07, 6.45) is 0.119. The molecule has 1 saturated heterocycles. The van der Waals surface area contributed by atoms with Crippen molar-refractivity contribution in [3.05, 3.63) is 112 Å². The first-order chi connectivity index (χ1) is 22.3. The van der Waals surface area contributed by atoms with Gasteiger partial charge in [-0.2, -0.15) is 13.2 Å². The van der Waals surface area contributed by atoms with Crippen LogP contribution in [-0.2, 0) is 20.9 Å². The molecule has 5 aromatic rings. The third-order valence-corrected chi connectivity index (χ3v) is 9.95. The van der Waals surface area contributed by atoms with Crippen LogP contribution in [0.2, 0.25) is 0 Å². The molecule has 1 fully saturated rings. The zero-order chi connectivity index (χ0) is 33.5. The number of rotatable bonds is 8. The van der Waals surface area contributed by atoms with Crippen molar-refractivity contribution in [1.82, 2.24) is 18.4 Å². The van der Waals surface area contributed by atoms with Crippen molar-refractivity contribution < 1.29 is 26.3 Å². The molecule has 1 atom stereocenters. The van der Waals surface area contributed by atoms with E-state index < -0.39 is 33.4 Å². The topological polar surface area (TPSA) is 89.7 Å². The molecular weight excluding hydrogens is 631 g/mol. The lowest BCUT2D eigenvalue weighted by Gasteiger charge is -2.28. The van der Waals surface area contributed by atoms with Gasteiger partial charge >= 0.3 is 6.18 Å². The first kappa shape index (κ1) is 32.5. The SMILES string of the molecule is Cc1ccc(S(=O)(=O)n2cc(-c3ccn(C(CN(C)C)c4cccc(C(F)(F)F)c4)c(=O)c3)c3cc(N4CCOCC4)cnc32)cc1. The van der Waals surface area contributed by atoms with Crippen molar-refractivity contribution in [2.45, 2.75) is 24.0 Å². The van der Waals surface area contributed by atoms with Gasteiger partial charge in [-0.15, -0.1) is 0 Å². The van der Waals surface area contributed by atoms with Crippen LogP contribution >= 0.6 is 0 Å². The Balaban J connectivity index is 1.49. The predicted octanol–water partition coefficient (Wildman–Crippen LogP) is 5.42. The summed E-state index contributed by atoms with van der Waals surface area (Å²) in [4.78, 5) is 22.4. The molecule has 1 aliphatic rings. The van der Waals surface area contributed by atoms with E-state index in [0.29, 0.717) is 48.4 Å². The molecule has 0 spiro atoms. The van der Waals surface area contributed by atoms with E-state index in [4.69, 9.17) is 4.74 Å². The summed E-state index contributed by atoms with van der Waals surface area (Å²) >= 11 is 0. The van der Waals surface area contributed by atoms with Crippen LogP contribution in [0.5, 0.6) is 0 Å². The Morgan fingerprint density at radius 1 is 1.00 bits per heavy atom. The number of aryl methyl sites for hydroxylation is 1. The minimum atomic E-state index is -4.53. The number of hydrogen-bond donors (Lipinski definition) is 0. The zero-order valence-corrected chi connectivity index (χ0v) is 26.9. The normalized spacial score (nSPS) is 15.0. The highest BCUT2D eigenvalue weighted by Gasteiger charge is 2.31. The van der Waals surface area contributed by atoms with E-state index in [2.05, 4.69) is 9.88 Å². The van der Waals surface area contributed by atoms with E-state index in [1.807, 2.05) is 13.0 Å². The van der Waals surface area contributed by atoms with E-state index in [-0.39, 0.29) is 17.1 Å². The Labute approximate surface area is 270 Å². The first-order valence-corrected chi connectivity index (χ1v) is 16.5. The summed E-state index contributed by atoms with van der Waals surface area (Å²) in [6.45, 7) is 4.51. The predicted molar refractivity (Wildman–Crippen MR) is 174 cm³/mol. The molecule has 0 bridgehead atoms. The molecule has 0 N–H and O–H groups in total. The van der Waals surface area contributed by atoms with Gasteiger partial charge in [0.05, 0.1) is 41.6 Å². The lowest BCUT2D eigenvalue weighted by atomic mass is 10.0. The monoisotopic (exact) mass is 665 g/mol. The Morgan fingerprint density at radius 3 is 2.38 bits per heavy atom. The van der Waals surface area contributed by atoms with Gasteiger partial charge in [0.25, 0.3) is 15.6 Å². The standard InChI is InChI=1S/C34H34F3N5O4S/c1-23-7-9-28(10-8-23)47(44,45)42-21-30(29-19-27(20-38-33(29)42)40-13-15-46-16-14-40)24-11-12-41(32(43)18-24)31(22-39(2)3)25-5-4-6-26(17-25)34(35,36)37/h4-12,17-21,31H,13-16,22H2,1-3H3. The van der Waals surface area contributed by atoms with Gasteiger partial charge in [-0.05, 0) is 68.5 Å². The van der Waals surface area contributed by atoms with Crippen LogP contribution in [0.25, 0.3) is 22.2 Å². The lowest BCUT2D eigenvalue weighted by Crippen LogP contribution is -2.36. The summed E-state index contributed by atoms with van der Waals surface area (Å²) in [6, 6.07) is 15.7. The lowest BCUT2D eigenvalue weighted by molar-refractivity contribution is -0.137. The van der Waals surface area contributed by atoms with Crippen LogP contribution < -0.4 is 10.5 Å². The second kappa shape index (κ2) is 12.6. The molecule has 4 heterocycles. The quantitative estimate of drug-likeness (QED) is 0.219. The maximum Gasteiger partial charge on any atom is 0.416 e. The largest absolute Gasteiger partial charge is 0.416 e. The number of morpholine rings is 1. The van der Waals surface area contributed by atoms with Gasteiger partial charge in [-0.25, -0.2) is 17.4 Å². The molecular formula is C34H34F3N5O4S. The minimum Gasteiger partial charge on any atom is -0.378 e. The maximum atomic E-state index is 13.9. The van der Waals surface area contributed by atoms with Gasteiger partial charge in [-0.1, -0.05) is 29.8 Å². The maximum absolute atomic E-state index is 13.9. The van der Waals surface area contributed by atoms with Gasteiger partial charge in [0, 0.05) is 49.0 Å². The average molecular weight is 666 g/mol. The molecule has 9 nitrogen and oxygen atoms in total. The van der Waals surface area contributed by atoms with Gasteiger partial charge in [0.1, 0.15) is 0 Å². The number of pyridine rings is 2. The molecule has 0 saturated carbocycles. The van der Waals surface area contributed by atoms with Gasteiger partial charge in [-0.3, -0.25) is 4.79 Å². The number of fused-ring (bicyclic) bond motifs is 1. The summed E-state index contributed by atoms with van der Waals surface area (Å²) in [7, 11) is -0.504. The van der Waals surface area contributed by atoms with Crippen LogP contribution in [0.4, 0.5) is 18.9 Å². The molecule has 0 aliphatic carbocycles. The number of nitrogens with zero attached hydrogens (tertiary/aromatic N) is 5. The van der Waals surface area contributed by atoms with Crippen LogP contribution in [0.3, 0.4) is 0 Å². The van der Waals surface area contributed by atoms with E-state index in [9.17, 15) is 26.4 Å². The van der Waals surface area contributed by atoms with Crippen molar-refractivity contribution in [1.29, 1.82) is 0 Å². The molecule has 6 rings (SSSR count). The number of aromatic nitrogens is 3. The summed E-state index contributed by atoms with van der Waals surface area (Å²) in [5.74, 6) is 0. The highest BCUT2D eigenvalue weighted by atomic mass is 32.2. The van der Waals surface area contributed by atoms with E-state index in [1.165, 1.54) is 35.0 Å². The molecule has 0 radical (unpaired) electrons. The second-order valence-corrected chi connectivity index (χ2v) is 13.7. The molecule has 1 aliphatic heterocycles. The molecule has 1 unspecified atom stereocenters. The molecule has 0 amide bonds. The minimum absolute atomic E-state index is 0.0913. The Morgan fingerprint density at radius 2 is 1.72 bits per heavy atom. The van der Waals surface area contributed by atoms with E-state index in [1.54, 1.807) is 55.7 Å². The van der Waals surface area contributed by atoms with Crippen molar-refractivity contribution in [2.24, 2.45) is 0 Å². The molecule has 3 aromatic heterocycles. The number of hydrogen-bond acceptors (Lipinski definition) is 7. The highest BCUT2D eigenvalue weighted by molar-refractivity contribution is 7.90. The van der Waals surface area contributed by atoms with Gasteiger partial charge < -0.3 is 19.1 Å². The number of halogens is 3. The van der Waals surface area contributed by atoms with Crippen molar-refractivity contribution in [2.75, 3.05) is 51.8 Å². The van der Waals surface area contributed by atoms with Crippen LogP contribution in [0.1, 0.15) is 22.7 Å². The number of ether oxygens (including phenoxy) is 1. The van der Waals surface area contributed by atoms with Crippen molar-refractivity contribution in [3.63, 3.8) is 0 Å². The fourth-order valence-electron chi connectivity index (χ4n) is 5.84. The average Bonchev–Trinajstić information content (AvgIpc) is 3.44. The summed E-state index contributed by atoms with van der Waals surface area (Å²) in [5, 5.41) is 0.532. The smallest absolute Gasteiger partial charge is 0.378 e.